The zero-order chi connectivity index (χ0) is 21.7. The number of hydrogen-bond donors (Lipinski definition) is 1. The van der Waals surface area contributed by atoms with Crippen LogP contribution >= 0.6 is 11.6 Å². The van der Waals surface area contributed by atoms with Gasteiger partial charge in [-0.1, -0.05) is 29.8 Å². The SMILES string of the molecule is COc1ccccc1OCC(=O)N(CCC(=O)Nc1c(C)cc(C)cc1Cl)C1CC1. The lowest BCUT2D eigenvalue weighted by Gasteiger charge is -2.23. The van der Waals surface area contributed by atoms with Crippen LogP contribution < -0.4 is 14.8 Å². The number of para-hydroxylation sites is 2. The largest absolute Gasteiger partial charge is 0.493 e. The third-order valence-corrected chi connectivity index (χ3v) is 5.30. The van der Waals surface area contributed by atoms with Gasteiger partial charge in [0, 0.05) is 19.0 Å². The van der Waals surface area contributed by atoms with E-state index in [0.717, 1.165) is 24.0 Å². The van der Waals surface area contributed by atoms with Crippen molar-refractivity contribution in [2.75, 3.05) is 25.6 Å². The second-order valence-electron chi connectivity index (χ2n) is 7.49. The van der Waals surface area contributed by atoms with E-state index in [-0.39, 0.29) is 30.9 Å². The Morgan fingerprint density at radius 1 is 1.17 bits per heavy atom. The fourth-order valence-electron chi connectivity index (χ4n) is 3.36. The minimum atomic E-state index is -0.173. The van der Waals surface area contributed by atoms with Crippen molar-refractivity contribution in [1.82, 2.24) is 4.90 Å². The van der Waals surface area contributed by atoms with Crippen molar-refractivity contribution in [3.05, 3.63) is 52.5 Å². The van der Waals surface area contributed by atoms with Crippen LogP contribution in [0.3, 0.4) is 0 Å². The summed E-state index contributed by atoms with van der Waals surface area (Å²) in [6.45, 7) is 4.11. The van der Waals surface area contributed by atoms with E-state index < -0.39 is 0 Å². The van der Waals surface area contributed by atoms with E-state index >= 15 is 0 Å². The molecule has 1 fully saturated rings. The first kappa shape index (κ1) is 22.0. The molecule has 0 spiro atoms. The van der Waals surface area contributed by atoms with Crippen LogP contribution in [0.1, 0.15) is 30.4 Å². The lowest BCUT2D eigenvalue weighted by atomic mass is 10.1. The standard InChI is InChI=1S/C23H27ClN2O4/c1-15-12-16(2)23(18(24)13-15)25-21(27)10-11-26(17-8-9-17)22(28)14-30-20-7-5-4-6-19(20)29-3/h4-7,12-13,17H,8-11,14H2,1-3H3,(H,25,27). The molecule has 0 unspecified atom stereocenters. The van der Waals surface area contributed by atoms with Gasteiger partial charge in [0.2, 0.25) is 5.91 Å². The molecule has 30 heavy (non-hydrogen) atoms. The molecule has 0 radical (unpaired) electrons. The molecule has 0 aromatic heterocycles. The third kappa shape index (κ3) is 5.66. The lowest BCUT2D eigenvalue weighted by Crippen LogP contribution is -2.38. The number of ether oxygens (including phenoxy) is 2. The molecule has 0 heterocycles. The normalized spacial score (nSPS) is 12.9. The van der Waals surface area contributed by atoms with Crippen LogP contribution in [0.2, 0.25) is 5.02 Å². The number of amides is 2. The van der Waals surface area contributed by atoms with E-state index in [9.17, 15) is 9.59 Å². The summed E-state index contributed by atoms with van der Waals surface area (Å²) in [7, 11) is 1.56. The van der Waals surface area contributed by atoms with Gasteiger partial charge in [-0.25, -0.2) is 0 Å². The zero-order valence-electron chi connectivity index (χ0n) is 17.5. The molecule has 1 aliphatic rings. The van der Waals surface area contributed by atoms with Gasteiger partial charge in [0.05, 0.1) is 17.8 Å². The second-order valence-corrected chi connectivity index (χ2v) is 7.90. The minimum Gasteiger partial charge on any atom is -0.493 e. The van der Waals surface area contributed by atoms with E-state index in [1.165, 1.54) is 0 Å². The van der Waals surface area contributed by atoms with E-state index in [2.05, 4.69) is 5.32 Å². The summed E-state index contributed by atoms with van der Waals surface area (Å²) in [6.07, 6.45) is 2.09. The van der Waals surface area contributed by atoms with Gasteiger partial charge in [-0.05, 0) is 56.0 Å². The van der Waals surface area contributed by atoms with Gasteiger partial charge in [-0.15, -0.1) is 0 Å². The summed E-state index contributed by atoms with van der Waals surface area (Å²) in [4.78, 5) is 26.9. The smallest absolute Gasteiger partial charge is 0.260 e. The Labute approximate surface area is 182 Å². The van der Waals surface area contributed by atoms with Gasteiger partial charge in [-0.3, -0.25) is 9.59 Å². The van der Waals surface area contributed by atoms with Gasteiger partial charge >= 0.3 is 0 Å². The first-order chi connectivity index (χ1) is 14.4. The van der Waals surface area contributed by atoms with E-state index in [0.29, 0.717) is 28.8 Å². The molecule has 2 amide bonds. The highest BCUT2D eigenvalue weighted by Gasteiger charge is 2.33. The number of hydrogen-bond acceptors (Lipinski definition) is 4. The van der Waals surface area contributed by atoms with E-state index in [1.54, 1.807) is 24.1 Å². The lowest BCUT2D eigenvalue weighted by molar-refractivity contribution is -0.134. The number of methoxy groups -OCH3 is 1. The molecule has 1 saturated carbocycles. The Balaban J connectivity index is 1.55. The molecule has 2 aromatic rings. The maximum Gasteiger partial charge on any atom is 0.260 e. The van der Waals surface area contributed by atoms with Gasteiger partial charge in [0.15, 0.2) is 18.1 Å². The van der Waals surface area contributed by atoms with Crippen LogP contribution in [0.25, 0.3) is 0 Å². The summed E-state index contributed by atoms with van der Waals surface area (Å²) in [6, 6.07) is 11.2. The number of carbonyl (C=O) groups is 2. The monoisotopic (exact) mass is 430 g/mol. The quantitative estimate of drug-likeness (QED) is 0.641. The van der Waals surface area contributed by atoms with Crippen LogP contribution in [0.4, 0.5) is 5.69 Å². The van der Waals surface area contributed by atoms with Crippen LogP contribution in [0.5, 0.6) is 11.5 Å². The summed E-state index contributed by atoms with van der Waals surface area (Å²) in [5.74, 6) is 0.785. The van der Waals surface area contributed by atoms with Crippen molar-refractivity contribution >= 4 is 29.1 Å². The van der Waals surface area contributed by atoms with Crippen molar-refractivity contribution in [2.45, 2.75) is 39.2 Å². The summed E-state index contributed by atoms with van der Waals surface area (Å²) >= 11 is 6.27. The molecule has 160 valence electrons. The number of nitrogens with one attached hydrogen (secondary N) is 1. The molecule has 3 rings (SSSR count). The Kier molecular flexibility index (Phi) is 7.21. The number of rotatable bonds is 9. The maximum absolute atomic E-state index is 12.7. The van der Waals surface area contributed by atoms with Crippen molar-refractivity contribution in [3.63, 3.8) is 0 Å². The molecular weight excluding hydrogens is 404 g/mol. The van der Waals surface area contributed by atoms with E-state index in [1.807, 2.05) is 38.1 Å². The maximum atomic E-state index is 12.7. The predicted octanol–water partition coefficient (Wildman–Crippen LogP) is 4.36. The fourth-order valence-corrected chi connectivity index (χ4v) is 3.72. The van der Waals surface area contributed by atoms with E-state index in [4.69, 9.17) is 21.1 Å². The number of carbonyl (C=O) groups excluding carboxylic acids is 2. The molecule has 6 nitrogen and oxygen atoms in total. The summed E-state index contributed by atoms with van der Waals surface area (Å²) in [5.41, 5.74) is 2.57. The van der Waals surface area contributed by atoms with Gasteiger partial charge < -0.3 is 19.7 Å². The fraction of sp³-hybridized carbons (Fsp3) is 0.391. The van der Waals surface area contributed by atoms with Crippen molar-refractivity contribution in [3.8, 4) is 11.5 Å². The molecule has 7 heteroatoms. The molecule has 0 atom stereocenters. The number of benzene rings is 2. The van der Waals surface area contributed by atoms with Gasteiger partial charge in [-0.2, -0.15) is 0 Å². The van der Waals surface area contributed by atoms with Crippen LogP contribution in [-0.2, 0) is 9.59 Å². The molecule has 0 bridgehead atoms. The van der Waals surface area contributed by atoms with Crippen molar-refractivity contribution in [1.29, 1.82) is 0 Å². The Bertz CT molecular complexity index is 904. The average Bonchev–Trinajstić information content (AvgIpc) is 3.54. The van der Waals surface area contributed by atoms with Crippen LogP contribution in [-0.4, -0.2) is 43.0 Å². The zero-order valence-corrected chi connectivity index (χ0v) is 18.3. The van der Waals surface area contributed by atoms with Crippen LogP contribution in [0.15, 0.2) is 36.4 Å². The highest BCUT2D eigenvalue weighted by atomic mass is 35.5. The first-order valence-electron chi connectivity index (χ1n) is 10.0. The third-order valence-electron chi connectivity index (χ3n) is 5.00. The number of nitrogens with zero attached hydrogens (tertiary/aromatic N) is 1. The summed E-state index contributed by atoms with van der Waals surface area (Å²) in [5, 5.41) is 3.39. The first-order valence-corrected chi connectivity index (χ1v) is 10.4. The van der Waals surface area contributed by atoms with Gasteiger partial charge in [0.25, 0.3) is 5.91 Å². The van der Waals surface area contributed by atoms with Crippen LogP contribution in [0, 0.1) is 13.8 Å². The second kappa shape index (κ2) is 9.85. The predicted molar refractivity (Wildman–Crippen MR) is 117 cm³/mol. The summed E-state index contributed by atoms with van der Waals surface area (Å²) < 4.78 is 10.9. The molecular formula is C23H27ClN2O4. The van der Waals surface area contributed by atoms with Crippen molar-refractivity contribution in [2.24, 2.45) is 0 Å². The number of aryl methyl sites for hydroxylation is 2. The van der Waals surface area contributed by atoms with Crippen molar-refractivity contribution < 1.29 is 19.1 Å². The minimum absolute atomic E-state index is 0.0958. The average molecular weight is 431 g/mol. The highest BCUT2D eigenvalue weighted by molar-refractivity contribution is 6.34. The number of anilines is 1. The Morgan fingerprint density at radius 3 is 2.50 bits per heavy atom. The highest BCUT2D eigenvalue weighted by Crippen LogP contribution is 2.30. The molecule has 1 N–H and O–H groups in total. The molecule has 0 aliphatic heterocycles. The Morgan fingerprint density at radius 2 is 1.87 bits per heavy atom. The number of halogens is 1. The molecule has 2 aromatic carbocycles. The molecule has 1 aliphatic carbocycles. The topological polar surface area (TPSA) is 67.9 Å². The Hall–Kier alpha value is -2.73. The van der Waals surface area contributed by atoms with Gasteiger partial charge in [0.1, 0.15) is 0 Å². The molecule has 0 saturated heterocycles.